The van der Waals surface area contributed by atoms with Gasteiger partial charge in [-0.3, -0.25) is 9.59 Å². The first-order valence-electron chi connectivity index (χ1n) is 10.8. The van der Waals surface area contributed by atoms with Crippen LogP contribution in [0.4, 0.5) is 5.69 Å². The number of carbonyl (C=O) groups is 2. The van der Waals surface area contributed by atoms with Crippen LogP contribution in [0.15, 0.2) is 17.0 Å². The fourth-order valence-electron chi connectivity index (χ4n) is 4.63. The van der Waals surface area contributed by atoms with Crippen LogP contribution in [0.25, 0.3) is 0 Å². The molecule has 1 saturated heterocycles. The number of amides is 2. The number of nitrogens with zero attached hydrogens (tertiary/aromatic N) is 1. The molecule has 0 radical (unpaired) electrons. The van der Waals surface area contributed by atoms with Crippen molar-refractivity contribution in [3.05, 3.63) is 17.7 Å². The Bertz CT molecular complexity index is 938. The van der Waals surface area contributed by atoms with Gasteiger partial charge in [0.2, 0.25) is 15.9 Å². The Morgan fingerprint density at radius 3 is 2.60 bits per heavy atom. The van der Waals surface area contributed by atoms with Crippen LogP contribution in [0.1, 0.15) is 56.9 Å². The molecule has 3 aliphatic rings. The van der Waals surface area contributed by atoms with Gasteiger partial charge in [-0.1, -0.05) is 25.7 Å². The monoisotopic (exact) mass is 435 g/mol. The highest BCUT2D eigenvalue weighted by Crippen LogP contribution is 2.36. The molecule has 1 aromatic rings. The summed E-state index contributed by atoms with van der Waals surface area (Å²) in [5, 5.41) is 5.80. The number of hydrogen-bond acceptors (Lipinski definition) is 5. The number of anilines is 1. The maximum absolute atomic E-state index is 13.5. The van der Waals surface area contributed by atoms with Crippen molar-refractivity contribution < 1.29 is 22.7 Å². The quantitative estimate of drug-likeness (QED) is 0.706. The second-order valence-corrected chi connectivity index (χ2v) is 10.3. The number of carbonyl (C=O) groups excluding carboxylic acids is 2. The lowest BCUT2D eigenvalue weighted by Crippen LogP contribution is -2.48. The predicted molar refractivity (Wildman–Crippen MR) is 112 cm³/mol. The van der Waals surface area contributed by atoms with Crippen molar-refractivity contribution in [3.8, 4) is 5.75 Å². The first-order valence-corrected chi connectivity index (χ1v) is 12.2. The summed E-state index contributed by atoms with van der Waals surface area (Å²) in [6.45, 7) is 1.86. The molecule has 0 spiro atoms. The van der Waals surface area contributed by atoms with Crippen molar-refractivity contribution >= 4 is 27.5 Å². The van der Waals surface area contributed by atoms with Gasteiger partial charge in [0.05, 0.1) is 10.6 Å². The average Bonchev–Trinajstić information content (AvgIpc) is 3.07. The van der Waals surface area contributed by atoms with E-state index in [4.69, 9.17) is 4.74 Å². The molecule has 1 atom stereocenters. The minimum atomic E-state index is -3.88. The molecule has 2 aliphatic heterocycles. The van der Waals surface area contributed by atoms with Crippen LogP contribution in [-0.4, -0.2) is 49.8 Å². The molecule has 164 valence electrons. The zero-order valence-corrected chi connectivity index (χ0v) is 18.1. The number of hydrogen-bond donors (Lipinski definition) is 2. The molecule has 1 unspecified atom stereocenters. The Hall–Kier alpha value is -2.13. The van der Waals surface area contributed by atoms with E-state index in [1.165, 1.54) is 23.2 Å². The first-order chi connectivity index (χ1) is 14.4. The van der Waals surface area contributed by atoms with E-state index in [9.17, 15) is 18.0 Å². The van der Waals surface area contributed by atoms with Gasteiger partial charge in [-0.05, 0) is 44.2 Å². The smallest absolute Gasteiger partial charge is 0.262 e. The van der Waals surface area contributed by atoms with Gasteiger partial charge < -0.3 is 15.4 Å². The number of nitrogens with one attached hydrogen (secondary N) is 2. The van der Waals surface area contributed by atoms with Crippen molar-refractivity contribution in [2.24, 2.45) is 0 Å². The largest absolute Gasteiger partial charge is 0.482 e. The van der Waals surface area contributed by atoms with E-state index in [1.54, 1.807) is 13.0 Å². The van der Waals surface area contributed by atoms with Crippen LogP contribution in [0.5, 0.6) is 5.75 Å². The topological polar surface area (TPSA) is 105 Å². The average molecular weight is 436 g/mol. The molecular weight excluding hydrogens is 406 g/mol. The normalized spacial score (nSPS) is 23.2. The third kappa shape index (κ3) is 4.18. The summed E-state index contributed by atoms with van der Waals surface area (Å²) in [5.74, 6) is -0.133. The molecular formula is C21H29N3O5S. The molecule has 0 bridgehead atoms. The van der Waals surface area contributed by atoms with Crippen LogP contribution in [0.2, 0.25) is 0 Å². The fourth-order valence-corrected chi connectivity index (χ4v) is 6.51. The van der Waals surface area contributed by atoms with Crippen LogP contribution < -0.4 is 15.4 Å². The number of sulfonamides is 1. The van der Waals surface area contributed by atoms with Gasteiger partial charge in [0.25, 0.3) is 5.91 Å². The number of rotatable bonds is 4. The van der Waals surface area contributed by atoms with Crippen molar-refractivity contribution in [1.82, 2.24) is 9.62 Å². The van der Waals surface area contributed by atoms with Gasteiger partial charge in [-0.25, -0.2) is 8.42 Å². The second-order valence-electron chi connectivity index (χ2n) is 8.42. The van der Waals surface area contributed by atoms with Gasteiger partial charge >= 0.3 is 0 Å². The van der Waals surface area contributed by atoms with E-state index in [-0.39, 0.29) is 29.4 Å². The lowest BCUT2D eigenvalue weighted by atomic mass is 10.1. The highest BCUT2D eigenvalue weighted by molar-refractivity contribution is 7.89. The third-order valence-electron chi connectivity index (χ3n) is 6.20. The molecule has 1 aliphatic carbocycles. The molecule has 2 fully saturated rings. The maximum Gasteiger partial charge on any atom is 0.262 e. The van der Waals surface area contributed by atoms with Crippen molar-refractivity contribution in [2.75, 3.05) is 18.5 Å². The molecule has 0 aromatic heterocycles. The summed E-state index contributed by atoms with van der Waals surface area (Å²) in [5.41, 5.74) is 0.973. The summed E-state index contributed by atoms with van der Waals surface area (Å²) in [6.07, 6.45) is 7.67. The van der Waals surface area contributed by atoms with Gasteiger partial charge in [0.1, 0.15) is 11.8 Å². The molecule has 2 amide bonds. The Labute approximate surface area is 177 Å². The van der Waals surface area contributed by atoms with E-state index in [2.05, 4.69) is 10.6 Å². The molecule has 8 nitrogen and oxygen atoms in total. The Morgan fingerprint density at radius 2 is 1.87 bits per heavy atom. The van der Waals surface area contributed by atoms with Crippen LogP contribution in [0, 0.1) is 6.92 Å². The van der Waals surface area contributed by atoms with E-state index in [0.717, 1.165) is 25.7 Å². The Morgan fingerprint density at radius 1 is 1.13 bits per heavy atom. The van der Waals surface area contributed by atoms with Gasteiger partial charge in [-0.2, -0.15) is 4.31 Å². The summed E-state index contributed by atoms with van der Waals surface area (Å²) < 4.78 is 33.7. The summed E-state index contributed by atoms with van der Waals surface area (Å²) in [7, 11) is -3.88. The lowest BCUT2D eigenvalue weighted by Gasteiger charge is -2.27. The van der Waals surface area contributed by atoms with Crippen LogP contribution >= 0.6 is 0 Å². The Balaban J connectivity index is 1.56. The molecule has 4 rings (SSSR count). The summed E-state index contributed by atoms with van der Waals surface area (Å²) >= 11 is 0. The lowest BCUT2D eigenvalue weighted by molar-refractivity contribution is -0.125. The number of ether oxygens (including phenoxy) is 1. The number of aryl methyl sites for hydroxylation is 1. The predicted octanol–water partition coefficient (Wildman–Crippen LogP) is 2.32. The van der Waals surface area contributed by atoms with Crippen LogP contribution in [-0.2, 0) is 19.6 Å². The highest BCUT2D eigenvalue weighted by Gasteiger charge is 2.41. The zero-order chi connectivity index (χ0) is 21.3. The van der Waals surface area contributed by atoms with E-state index in [0.29, 0.717) is 36.4 Å². The summed E-state index contributed by atoms with van der Waals surface area (Å²) in [4.78, 5) is 24.6. The highest BCUT2D eigenvalue weighted by atomic mass is 32.2. The molecule has 1 saturated carbocycles. The van der Waals surface area contributed by atoms with Crippen molar-refractivity contribution in [1.29, 1.82) is 0 Å². The van der Waals surface area contributed by atoms with Gasteiger partial charge in [-0.15, -0.1) is 0 Å². The summed E-state index contributed by atoms with van der Waals surface area (Å²) in [6, 6.07) is 2.51. The molecule has 9 heteroatoms. The fraction of sp³-hybridized carbons (Fsp3) is 0.619. The second kappa shape index (κ2) is 8.55. The molecule has 1 aromatic carbocycles. The van der Waals surface area contributed by atoms with E-state index < -0.39 is 16.1 Å². The first kappa shape index (κ1) is 21.1. The van der Waals surface area contributed by atoms with Crippen molar-refractivity contribution in [2.45, 2.75) is 75.3 Å². The van der Waals surface area contributed by atoms with E-state index >= 15 is 0 Å². The van der Waals surface area contributed by atoms with Gasteiger partial charge in [0, 0.05) is 18.7 Å². The standard InChI is InChI=1S/C21H29N3O5S/c1-14-11-16-18(29-13-20(25)23-16)12-19(14)30(27,28)24-10-6-9-17(24)21(26)22-15-7-4-2-3-5-8-15/h11-12,15,17H,2-10,13H2,1H3,(H,22,26)(H,23,25). The van der Waals surface area contributed by atoms with E-state index in [1.807, 2.05) is 0 Å². The molecule has 2 heterocycles. The number of fused-ring (bicyclic) bond motifs is 1. The maximum atomic E-state index is 13.5. The third-order valence-corrected chi connectivity index (χ3v) is 8.25. The van der Waals surface area contributed by atoms with Crippen molar-refractivity contribution in [3.63, 3.8) is 0 Å². The van der Waals surface area contributed by atoms with Crippen LogP contribution in [0.3, 0.4) is 0 Å². The Kier molecular flexibility index (Phi) is 6.02. The minimum absolute atomic E-state index is 0.117. The number of benzene rings is 1. The molecule has 2 N–H and O–H groups in total. The zero-order valence-electron chi connectivity index (χ0n) is 17.3. The van der Waals surface area contributed by atoms with Gasteiger partial charge in [0.15, 0.2) is 6.61 Å². The SMILES string of the molecule is Cc1cc2c(cc1S(=O)(=O)N1CCCC1C(=O)NC1CCCCCC1)OCC(=O)N2. The minimum Gasteiger partial charge on any atom is -0.482 e. The molecule has 30 heavy (non-hydrogen) atoms.